The van der Waals surface area contributed by atoms with Crippen molar-refractivity contribution >= 4 is 0 Å². The van der Waals surface area contributed by atoms with Gasteiger partial charge in [0.25, 0.3) is 0 Å². The third kappa shape index (κ3) is 16.1. The van der Waals surface area contributed by atoms with E-state index in [4.69, 9.17) is 5.11 Å². The Labute approximate surface area is 140 Å². The van der Waals surface area contributed by atoms with Crippen molar-refractivity contribution in [2.75, 3.05) is 0 Å². The van der Waals surface area contributed by atoms with Gasteiger partial charge >= 0.3 is 6.18 Å². The predicted molar refractivity (Wildman–Crippen MR) is 91.5 cm³/mol. The van der Waals surface area contributed by atoms with Gasteiger partial charge in [-0.05, 0) is 32.1 Å². The Kier molecular flexibility index (Phi) is 14.7. The molecule has 0 aliphatic heterocycles. The number of hydrogen-bond donors (Lipinski definition) is 1. The van der Waals surface area contributed by atoms with Gasteiger partial charge in [-0.3, -0.25) is 0 Å². The molecule has 0 fully saturated rings. The second-order valence-electron chi connectivity index (χ2n) is 6.43. The first-order chi connectivity index (χ1) is 11.0. The van der Waals surface area contributed by atoms with E-state index < -0.39 is 12.3 Å². The second-order valence-corrected chi connectivity index (χ2v) is 6.43. The maximum Gasteiger partial charge on any atom is 0.414 e. The van der Waals surface area contributed by atoms with Crippen molar-refractivity contribution in [2.45, 2.75) is 109 Å². The van der Waals surface area contributed by atoms with E-state index in [0.717, 1.165) is 32.1 Å². The van der Waals surface area contributed by atoms with E-state index in [1.54, 1.807) is 0 Å². The molecule has 138 valence electrons. The molecule has 0 spiro atoms. The van der Waals surface area contributed by atoms with Crippen molar-refractivity contribution in [3.05, 3.63) is 12.2 Å². The number of rotatable bonds is 15. The lowest BCUT2D eigenvalue weighted by Gasteiger charge is -2.13. The highest BCUT2D eigenvalue weighted by molar-refractivity contribution is 4.81. The molecule has 0 heterocycles. The standard InChI is InChI=1S/C19H35F3O/c1-2-3-4-5-6-7-8-9-10-11-12-13-14-15-16-17-18(23)19(20,21)22/h9-10,18,23H,2-8,11-17H2,1H3. The average Bonchev–Trinajstić information content (AvgIpc) is 2.50. The van der Waals surface area contributed by atoms with Gasteiger partial charge in [0, 0.05) is 0 Å². The zero-order valence-corrected chi connectivity index (χ0v) is 14.7. The quantitative estimate of drug-likeness (QED) is 0.253. The molecule has 1 nitrogen and oxygen atoms in total. The van der Waals surface area contributed by atoms with E-state index in [-0.39, 0.29) is 6.42 Å². The molecule has 0 rings (SSSR count). The largest absolute Gasteiger partial charge is 0.414 e. The van der Waals surface area contributed by atoms with Gasteiger partial charge in [0.2, 0.25) is 0 Å². The summed E-state index contributed by atoms with van der Waals surface area (Å²) in [6.45, 7) is 2.23. The number of aliphatic hydroxyl groups excluding tert-OH is 1. The van der Waals surface area contributed by atoms with Gasteiger partial charge in [0.15, 0.2) is 0 Å². The van der Waals surface area contributed by atoms with E-state index in [1.807, 2.05) is 0 Å². The molecule has 0 aromatic carbocycles. The van der Waals surface area contributed by atoms with Crippen LogP contribution >= 0.6 is 0 Å². The lowest BCUT2D eigenvalue weighted by atomic mass is 10.1. The molecular weight excluding hydrogens is 301 g/mol. The topological polar surface area (TPSA) is 20.2 Å². The Morgan fingerprint density at radius 2 is 1.17 bits per heavy atom. The number of allylic oxidation sites excluding steroid dienone is 2. The molecule has 1 N–H and O–H groups in total. The number of unbranched alkanes of at least 4 members (excludes halogenated alkanes) is 11. The van der Waals surface area contributed by atoms with Gasteiger partial charge in [-0.1, -0.05) is 76.9 Å². The monoisotopic (exact) mass is 336 g/mol. The lowest BCUT2D eigenvalue weighted by Crippen LogP contribution is -2.28. The SMILES string of the molecule is CCCCCCCCC=CCCCCCCCC(O)C(F)(F)F. The molecule has 23 heavy (non-hydrogen) atoms. The van der Waals surface area contributed by atoms with E-state index >= 15 is 0 Å². The fraction of sp³-hybridized carbons (Fsp3) is 0.895. The van der Waals surface area contributed by atoms with Crippen LogP contribution in [0.4, 0.5) is 13.2 Å². The van der Waals surface area contributed by atoms with Crippen LogP contribution < -0.4 is 0 Å². The van der Waals surface area contributed by atoms with Crippen molar-refractivity contribution in [1.82, 2.24) is 0 Å². The first-order valence-electron chi connectivity index (χ1n) is 9.38. The van der Waals surface area contributed by atoms with Crippen LogP contribution in [-0.2, 0) is 0 Å². The van der Waals surface area contributed by atoms with E-state index in [9.17, 15) is 13.2 Å². The minimum absolute atomic E-state index is 0.165. The summed E-state index contributed by atoms with van der Waals surface area (Å²) in [4.78, 5) is 0. The molecule has 0 radical (unpaired) electrons. The van der Waals surface area contributed by atoms with Crippen LogP contribution in [0.1, 0.15) is 96.8 Å². The lowest BCUT2D eigenvalue weighted by molar-refractivity contribution is -0.205. The third-order valence-electron chi connectivity index (χ3n) is 4.12. The maximum absolute atomic E-state index is 12.1. The molecule has 0 amide bonds. The summed E-state index contributed by atoms with van der Waals surface area (Å²) in [5.74, 6) is 0. The zero-order valence-electron chi connectivity index (χ0n) is 14.7. The van der Waals surface area contributed by atoms with E-state index in [0.29, 0.717) is 6.42 Å². The smallest absolute Gasteiger partial charge is 0.384 e. The van der Waals surface area contributed by atoms with E-state index in [1.165, 1.54) is 44.9 Å². The summed E-state index contributed by atoms with van der Waals surface area (Å²) < 4.78 is 36.2. The molecule has 0 bridgehead atoms. The minimum Gasteiger partial charge on any atom is -0.384 e. The molecule has 1 atom stereocenters. The van der Waals surface area contributed by atoms with Crippen LogP contribution in [0, 0.1) is 0 Å². The highest BCUT2D eigenvalue weighted by Crippen LogP contribution is 2.24. The van der Waals surface area contributed by atoms with Crippen LogP contribution in [0.25, 0.3) is 0 Å². The molecule has 0 aliphatic carbocycles. The summed E-state index contributed by atoms with van der Waals surface area (Å²) in [5.41, 5.74) is 0. The van der Waals surface area contributed by atoms with Gasteiger partial charge in [-0.15, -0.1) is 0 Å². The Balaban J connectivity index is 3.22. The summed E-state index contributed by atoms with van der Waals surface area (Å²) in [6, 6.07) is 0. The number of aliphatic hydroxyl groups is 1. The van der Waals surface area contributed by atoms with Gasteiger partial charge in [-0.2, -0.15) is 13.2 Å². The molecule has 0 saturated heterocycles. The van der Waals surface area contributed by atoms with Gasteiger partial charge in [-0.25, -0.2) is 0 Å². The molecule has 1 unspecified atom stereocenters. The van der Waals surface area contributed by atoms with Crippen LogP contribution in [0.2, 0.25) is 0 Å². The van der Waals surface area contributed by atoms with Crippen LogP contribution in [-0.4, -0.2) is 17.4 Å². The van der Waals surface area contributed by atoms with Crippen molar-refractivity contribution in [3.8, 4) is 0 Å². The Morgan fingerprint density at radius 3 is 1.65 bits per heavy atom. The summed E-state index contributed by atoms with van der Waals surface area (Å²) in [7, 11) is 0. The molecule has 0 aromatic rings. The van der Waals surface area contributed by atoms with Gasteiger partial charge in [0.1, 0.15) is 6.10 Å². The van der Waals surface area contributed by atoms with Crippen molar-refractivity contribution in [3.63, 3.8) is 0 Å². The Bertz CT molecular complexity index is 274. The fourth-order valence-corrected chi connectivity index (χ4v) is 2.57. The average molecular weight is 336 g/mol. The molecule has 4 heteroatoms. The Morgan fingerprint density at radius 1 is 0.739 bits per heavy atom. The molecule has 0 saturated carbocycles. The van der Waals surface area contributed by atoms with Gasteiger partial charge in [0.05, 0.1) is 0 Å². The summed E-state index contributed by atoms with van der Waals surface area (Å²) in [5, 5.41) is 8.86. The van der Waals surface area contributed by atoms with Crippen molar-refractivity contribution in [1.29, 1.82) is 0 Å². The molecular formula is C19H35F3O. The third-order valence-corrected chi connectivity index (χ3v) is 4.12. The number of halogens is 3. The number of hydrogen-bond acceptors (Lipinski definition) is 1. The second kappa shape index (κ2) is 15.0. The molecule has 0 aromatic heterocycles. The predicted octanol–water partition coefficient (Wildman–Crippen LogP) is 6.95. The Hall–Kier alpha value is -0.510. The van der Waals surface area contributed by atoms with Crippen molar-refractivity contribution in [2.24, 2.45) is 0 Å². The maximum atomic E-state index is 12.1. The highest BCUT2D eigenvalue weighted by atomic mass is 19.4. The van der Waals surface area contributed by atoms with Crippen LogP contribution in [0.3, 0.4) is 0 Å². The summed E-state index contributed by atoms with van der Waals surface area (Å²) in [6.07, 6.45) is 12.3. The first-order valence-corrected chi connectivity index (χ1v) is 9.38. The van der Waals surface area contributed by atoms with Crippen LogP contribution in [0.5, 0.6) is 0 Å². The first kappa shape index (κ1) is 22.5. The minimum atomic E-state index is -4.46. The van der Waals surface area contributed by atoms with Crippen LogP contribution in [0.15, 0.2) is 12.2 Å². The number of alkyl halides is 3. The molecule has 0 aliphatic rings. The highest BCUT2D eigenvalue weighted by Gasteiger charge is 2.37. The van der Waals surface area contributed by atoms with Crippen molar-refractivity contribution < 1.29 is 18.3 Å². The normalized spacial score (nSPS) is 13.8. The van der Waals surface area contributed by atoms with E-state index in [2.05, 4.69) is 19.1 Å². The fourth-order valence-electron chi connectivity index (χ4n) is 2.57. The zero-order chi connectivity index (χ0) is 17.4. The van der Waals surface area contributed by atoms with Gasteiger partial charge < -0.3 is 5.11 Å². The summed E-state index contributed by atoms with van der Waals surface area (Å²) >= 11 is 0.